The van der Waals surface area contributed by atoms with Gasteiger partial charge in [-0.25, -0.2) is 0 Å². The Bertz CT molecular complexity index is 371. The highest BCUT2D eigenvalue weighted by atomic mass is 16.1. The second-order valence-corrected chi connectivity index (χ2v) is 3.65. The van der Waals surface area contributed by atoms with Crippen LogP contribution in [-0.2, 0) is 4.79 Å². The highest BCUT2D eigenvalue weighted by Gasteiger charge is 2.12. The summed E-state index contributed by atoms with van der Waals surface area (Å²) in [5, 5.41) is 4.21. The first kappa shape index (κ1) is 16.2. The lowest BCUT2D eigenvalue weighted by Crippen LogP contribution is -2.16. The fourth-order valence-corrected chi connectivity index (χ4v) is 1.49. The molecule has 0 fully saturated rings. The molecular weight excluding hydrogens is 226 g/mol. The van der Waals surface area contributed by atoms with Gasteiger partial charge in [0.15, 0.2) is 0 Å². The first-order valence-corrected chi connectivity index (χ1v) is 6.23. The zero-order chi connectivity index (χ0) is 14.0. The molecule has 0 aliphatic rings. The van der Waals surface area contributed by atoms with Gasteiger partial charge in [-0.3, -0.25) is 0 Å². The number of anilines is 1. The van der Waals surface area contributed by atoms with Crippen LogP contribution in [0, 0.1) is 5.92 Å². The Labute approximate surface area is 109 Å². The molecule has 0 heterocycles. The van der Waals surface area contributed by atoms with Crippen LogP contribution in [0.25, 0.3) is 0 Å². The third kappa shape index (κ3) is 4.99. The molecule has 1 aromatic rings. The van der Waals surface area contributed by atoms with Gasteiger partial charge < -0.3 is 16.0 Å². The summed E-state index contributed by atoms with van der Waals surface area (Å²) in [6, 6.07) is 7.47. The van der Waals surface area contributed by atoms with Gasteiger partial charge in [0, 0.05) is 25.1 Å². The topological polar surface area (TPSA) is 67.5 Å². The molecule has 0 amide bonds. The molecule has 18 heavy (non-hydrogen) atoms. The summed E-state index contributed by atoms with van der Waals surface area (Å²) in [4.78, 5) is 10.5. The molecule has 4 heteroatoms. The van der Waals surface area contributed by atoms with E-state index >= 15 is 0 Å². The zero-order valence-corrected chi connectivity index (χ0v) is 11.6. The van der Waals surface area contributed by atoms with E-state index in [0.717, 1.165) is 23.2 Å². The van der Waals surface area contributed by atoms with Crippen LogP contribution in [0.2, 0.25) is 0 Å². The van der Waals surface area contributed by atoms with Crippen molar-refractivity contribution in [2.24, 2.45) is 11.0 Å². The standard InChI is InChI=1S/C12H17N3O.C2H6/c1-9(7-8-16)12(15-14-2)10-3-5-11(13)6-4-10;1-2/h3-6,8-9,14H,7,13H2,1-2H3;1-2H3/b15-12+;. The largest absolute Gasteiger partial charge is 0.399 e. The van der Waals surface area contributed by atoms with Crippen LogP contribution in [0.1, 0.15) is 32.8 Å². The molecular formula is C14H23N3O. The molecule has 1 atom stereocenters. The summed E-state index contributed by atoms with van der Waals surface area (Å²) in [6.45, 7) is 5.97. The number of hydrazone groups is 1. The Morgan fingerprint density at radius 2 is 1.94 bits per heavy atom. The molecule has 0 saturated heterocycles. The quantitative estimate of drug-likeness (QED) is 0.364. The van der Waals surface area contributed by atoms with E-state index in [1.54, 1.807) is 7.05 Å². The first-order chi connectivity index (χ1) is 8.69. The van der Waals surface area contributed by atoms with Crippen LogP contribution in [-0.4, -0.2) is 19.0 Å². The monoisotopic (exact) mass is 249 g/mol. The van der Waals surface area contributed by atoms with Crippen molar-refractivity contribution in [1.29, 1.82) is 0 Å². The van der Waals surface area contributed by atoms with Crippen molar-refractivity contribution in [3.63, 3.8) is 0 Å². The lowest BCUT2D eigenvalue weighted by Gasteiger charge is -2.12. The SMILES string of the molecule is CC.CN/N=C(/c1ccc(N)cc1)C(C)CC=O. The average Bonchev–Trinajstić information content (AvgIpc) is 2.40. The minimum absolute atomic E-state index is 0.0913. The number of benzene rings is 1. The number of nitrogens with one attached hydrogen (secondary N) is 1. The van der Waals surface area contributed by atoms with E-state index in [1.807, 2.05) is 45.0 Å². The van der Waals surface area contributed by atoms with Gasteiger partial charge in [-0.15, -0.1) is 0 Å². The summed E-state index contributed by atoms with van der Waals surface area (Å²) in [7, 11) is 1.74. The Hall–Kier alpha value is -1.84. The second kappa shape index (κ2) is 9.22. The molecule has 1 rings (SSSR count). The van der Waals surface area contributed by atoms with Crippen molar-refractivity contribution in [3.8, 4) is 0 Å². The van der Waals surface area contributed by atoms with E-state index in [2.05, 4.69) is 10.5 Å². The number of hydrogen-bond donors (Lipinski definition) is 2. The zero-order valence-electron chi connectivity index (χ0n) is 11.6. The summed E-state index contributed by atoms with van der Waals surface area (Å²) in [6.07, 6.45) is 1.37. The van der Waals surface area contributed by atoms with Gasteiger partial charge in [0.2, 0.25) is 0 Å². The lowest BCUT2D eigenvalue weighted by molar-refractivity contribution is -0.108. The van der Waals surface area contributed by atoms with Crippen LogP contribution in [0.5, 0.6) is 0 Å². The van der Waals surface area contributed by atoms with Crippen molar-refractivity contribution in [3.05, 3.63) is 29.8 Å². The third-order valence-electron chi connectivity index (χ3n) is 2.36. The van der Waals surface area contributed by atoms with Gasteiger partial charge >= 0.3 is 0 Å². The summed E-state index contributed by atoms with van der Waals surface area (Å²) in [5.74, 6) is 0.0913. The fourth-order valence-electron chi connectivity index (χ4n) is 1.49. The number of nitrogens with zero attached hydrogens (tertiary/aromatic N) is 1. The van der Waals surface area contributed by atoms with Gasteiger partial charge in [0.25, 0.3) is 0 Å². The number of rotatable bonds is 5. The highest BCUT2D eigenvalue weighted by molar-refractivity contribution is 6.02. The fraction of sp³-hybridized carbons (Fsp3) is 0.429. The van der Waals surface area contributed by atoms with E-state index in [1.165, 1.54) is 0 Å². The lowest BCUT2D eigenvalue weighted by atomic mass is 9.96. The van der Waals surface area contributed by atoms with Crippen molar-refractivity contribution in [2.75, 3.05) is 12.8 Å². The predicted octanol–water partition coefficient (Wildman–Crippen LogP) is 2.44. The molecule has 0 spiro atoms. The van der Waals surface area contributed by atoms with Crippen LogP contribution >= 0.6 is 0 Å². The Balaban J connectivity index is 0.00000137. The smallest absolute Gasteiger partial charge is 0.120 e. The Morgan fingerprint density at radius 3 is 2.39 bits per heavy atom. The maximum absolute atomic E-state index is 10.5. The van der Waals surface area contributed by atoms with E-state index in [-0.39, 0.29) is 5.92 Å². The van der Waals surface area contributed by atoms with Crippen molar-refractivity contribution >= 4 is 17.7 Å². The molecule has 0 saturated carbocycles. The molecule has 4 nitrogen and oxygen atoms in total. The van der Waals surface area contributed by atoms with E-state index in [9.17, 15) is 4.79 Å². The van der Waals surface area contributed by atoms with Crippen molar-refractivity contribution in [1.82, 2.24) is 5.43 Å². The summed E-state index contributed by atoms with van der Waals surface area (Å²) >= 11 is 0. The number of aldehydes is 1. The highest BCUT2D eigenvalue weighted by Crippen LogP contribution is 2.14. The maximum Gasteiger partial charge on any atom is 0.120 e. The molecule has 0 aromatic heterocycles. The van der Waals surface area contributed by atoms with E-state index in [4.69, 9.17) is 5.73 Å². The Kier molecular flexibility index (Phi) is 8.27. The molecule has 0 radical (unpaired) electrons. The third-order valence-corrected chi connectivity index (χ3v) is 2.36. The maximum atomic E-state index is 10.5. The predicted molar refractivity (Wildman–Crippen MR) is 77.6 cm³/mol. The minimum atomic E-state index is 0.0913. The number of hydrogen-bond acceptors (Lipinski definition) is 4. The number of nitrogen functional groups attached to an aromatic ring is 1. The van der Waals surface area contributed by atoms with Crippen LogP contribution in [0.4, 0.5) is 5.69 Å². The molecule has 1 aromatic carbocycles. The van der Waals surface area contributed by atoms with Gasteiger partial charge in [-0.1, -0.05) is 32.9 Å². The van der Waals surface area contributed by atoms with Gasteiger partial charge in [0.1, 0.15) is 6.29 Å². The molecule has 0 aliphatic heterocycles. The number of carbonyl (C=O) groups is 1. The molecule has 1 unspecified atom stereocenters. The first-order valence-electron chi connectivity index (χ1n) is 6.23. The normalized spacial score (nSPS) is 12.1. The van der Waals surface area contributed by atoms with Crippen molar-refractivity contribution < 1.29 is 4.79 Å². The second-order valence-electron chi connectivity index (χ2n) is 3.65. The summed E-state index contributed by atoms with van der Waals surface area (Å²) < 4.78 is 0. The van der Waals surface area contributed by atoms with E-state index < -0.39 is 0 Å². The van der Waals surface area contributed by atoms with Crippen LogP contribution in [0.3, 0.4) is 0 Å². The Morgan fingerprint density at radius 1 is 1.39 bits per heavy atom. The van der Waals surface area contributed by atoms with Gasteiger partial charge in [0.05, 0.1) is 5.71 Å². The van der Waals surface area contributed by atoms with Gasteiger partial charge in [-0.05, 0) is 17.7 Å². The number of nitrogens with two attached hydrogens (primary N) is 1. The van der Waals surface area contributed by atoms with Crippen molar-refractivity contribution in [2.45, 2.75) is 27.2 Å². The minimum Gasteiger partial charge on any atom is -0.399 e. The molecule has 0 aliphatic carbocycles. The average molecular weight is 249 g/mol. The van der Waals surface area contributed by atoms with Crippen LogP contribution < -0.4 is 11.2 Å². The number of carbonyl (C=O) groups excluding carboxylic acids is 1. The molecule has 3 N–H and O–H groups in total. The molecule has 0 bridgehead atoms. The molecule has 100 valence electrons. The summed E-state index contributed by atoms with van der Waals surface area (Å²) in [5.41, 5.74) is 11.0. The van der Waals surface area contributed by atoms with Gasteiger partial charge in [-0.2, -0.15) is 5.10 Å². The van der Waals surface area contributed by atoms with E-state index in [0.29, 0.717) is 6.42 Å². The van der Waals surface area contributed by atoms with Crippen LogP contribution in [0.15, 0.2) is 29.4 Å².